The van der Waals surface area contributed by atoms with Gasteiger partial charge >= 0.3 is 6.09 Å². The zero-order valence-corrected chi connectivity index (χ0v) is 13.8. The Balaban J connectivity index is 1.73. The van der Waals surface area contributed by atoms with E-state index in [1.54, 1.807) is 31.2 Å². The first kappa shape index (κ1) is 17.7. The molecule has 1 atom stereocenters. The molecule has 2 amide bonds. The normalized spacial score (nSPS) is 14.9. The van der Waals surface area contributed by atoms with Gasteiger partial charge in [0.2, 0.25) is 0 Å². The number of amides is 2. The Bertz CT molecular complexity index is 832. The van der Waals surface area contributed by atoms with Crippen molar-refractivity contribution in [2.45, 2.75) is 13.0 Å². The Morgan fingerprint density at radius 2 is 1.96 bits per heavy atom. The van der Waals surface area contributed by atoms with E-state index >= 15 is 0 Å². The average Bonchev–Trinajstić information content (AvgIpc) is 3.00. The molecule has 0 unspecified atom stereocenters. The molecular formula is C18H16F2N2O4. The summed E-state index contributed by atoms with van der Waals surface area (Å²) in [6, 6.07) is 7.54. The first-order chi connectivity index (χ1) is 12.4. The van der Waals surface area contributed by atoms with Crippen LogP contribution in [0.2, 0.25) is 0 Å². The van der Waals surface area contributed by atoms with Crippen molar-refractivity contribution in [1.29, 1.82) is 0 Å². The first-order valence-corrected chi connectivity index (χ1v) is 7.90. The summed E-state index contributed by atoms with van der Waals surface area (Å²) in [5, 5.41) is 12.2. The molecule has 0 bridgehead atoms. The molecule has 3 rings (SSSR count). The van der Waals surface area contributed by atoms with E-state index in [4.69, 9.17) is 4.74 Å². The van der Waals surface area contributed by atoms with Crippen molar-refractivity contribution in [2.24, 2.45) is 0 Å². The molecule has 136 valence electrons. The molecular weight excluding hydrogens is 346 g/mol. The second-order valence-corrected chi connectivity index (χ2v) is 5.83. The van der Waals surface area contributed by atoms with E-state index in [9.17, 15) is 23.5 Å². The Morgan fingerprint density at radius 1 is 1.27 bits per heavy atom. The molecule has 8 heteroatoms. The van der Waals surface area contributed by atoms with Crippen LogP contribution in [-0.2, 0) is 4.74 Å². The fourth-order valence-corrected chi connectivity index (χ4v) is 2.71. The average molecular weight is 362 g/mol. The second kappa shape index (κ2) is 6.99. The lowest BCUT2D eigenvalue weighted by atomic mass is 10.1. The summed E-state index contributed by atoms with van der Waals surface area (Å²) in [5.74, 6) is -3.74. The molecule has 1 aliphatic rings. The van der Waals surface area contributed by atoms with E-state index in [0.29, 0.717) is 36.5 Å². The highest BCUT2D eigenvalue weighted by Gasteiger charge is 2.24. The zero-order chi connectivity index (χ0) is 18.8. The molecule has 6 nitrogen and oxygen atoms in total. The topological polar surface area (TPSA) is 78.9 Å². The molecule has 0 aromatic heterocycles. The fraction of sp³-hybridized carbons (Fsp3) is 0.222. The number of hydrogen-bond donors (Lipinski definition) is 2. The summed E-state index contributed by atoms with van der Waals surface area (Å²) in [7, 11) is 0. The van der Waals surface area contributed by atoms with Gasteiger partial charge in [-0.2, -0.15) is 0 Å². The number of phenolic OH excluding ortho intramolecular Hbond substituents is 1. The van der Waals surface area contributed by atoms with Crippen molar-refractivity contribution < 1.29 is 28.2 Å². The van der Waals surface area contributed by atoms with Crippen LogP contribution in [0, 0.1) is 11.6 Å². The van der Waals surface area contributed by atoms with Crippen molar-refractivity contribution >= 4 is 17.7 Å². The molecule has 2 aromatic rings. The van der Waals surface area contributed by atoms with E-state index in [1.165, 1.54) is 4.90 Å². The highest BCUT2D eigenvalue weighted by molar-refractivity contribution is 5.97. The lowest BCUT2D eigenvalue weighted by Crippen LogP contribution is -2.28. The van der Waals surface area contributed by atoms with Crippen molar-refractivity contribution in [3.8, 4) is 5.75 Å². The highest BCUT2D eigenvalue weighted by Crippen LogP contribution is 2.25. The van der Waals surface area contributed by atoms with Crippen LogP contribution in [0.3, 0.4) is 0 Å². The molecule has 1 heterocycles. The number of cyclic esters (lactones) is 1. The Morgan fingerprint density at radius 3 is 2.54 bits per heavy atom. The number of halogens is 2. The van der Waals surface area contributed by atoms with Crippen molar-refractivity contribution in [1.82, 2.24) is 5.32 Å². The van der Waals surface area contributed by atoms with Crippen LogP contribution in [0.15, 0.2) is 36.4 Å². The zero-order valence-electron chi connectivity index (χ0n) is 13.8. The minimum absolute atomic E-state index is 0.333. The number of benzene rings is 2. The van der Waals surface area contributed by atoms with Gasteiger partial charge in [0.25, 0.3) is 5.91 Å². The van der Waals surface area contributed by atoms with E-state index in [0.717, 1.165) is 0 Å². The van der Waals surface area contributed by atoms with E-state index in [2.05, 4.69) is 5.32 Å². The van der Waals surface area contributed by atoms with Crippen LogP contribution < -0.4 is 10.2 Å². The molecule has 1 fully saturated rings. The summed E-state index contributed by atoms with van der Waals surface area (Å²) >= 11 is 0. The predicted octanol–water partition coefficient (Wildman–Crippen LogP) is 3.12. The minimum atomic E-state index is -1.14. The largest absolute Gasteiger partial charge is 0.507 e. The number of anilines is 1. The van der Waals surface area contributed by atoms with Crippen LogP contribution in [0.4, 0.5) is 19.3 Å². The maximum absolute atomic E-state index is 13.8. The summed E-state index contributed by atoms with van der Waals surface area (Å²) in [6.45, 7) is 2.48. The third kappa shape index (κ3) is 3.44. The van der Waals surface area contributed by atoms with Gasteiger partial charge in [0.15, 0.2) is 0 Å². The standard InChI is InChI=1S/C18H16F2N2O4/c1-10(21-17(24)16-14(20)8-12(19)9-15(16)23)11-2-4-13(5-3-11)22-6-7-26-18(22)25/h2-5,8-10,23H,6-7H2,1H3,(H,21,24)/t10-/m0/s1. The molecule has 26 heavy (non-hydrogen) atoms. The number of rotatable bonds is 4. The molecule has 1 aliphatic heterocycles. The van der Waals surface area contributed by atoms with Gasteiger partial charge in [-0.1, -0.05) is 12.1 Å². The summed E-state index contributed by atoms with van der Waals surface area (Å²) in [6.07, 6.45) is -0.415. The number of nitrogens with zero attached hydrogens (tertiary/aromatic N) is 1. The van der Waals surface area contributed by atoms with Crippen molar-refractivity contribution in [3.63, 3.8) is 0 Å². The van der Waals surface area contributed by atoms with Crippen LogP contribution >= 0.6 is 0 Å². The van der Waals surface area contributed by atoms with Gasteiger partial charge < -0.3 is 15.2 Å². The van der Waals surface area contributed by atoms with Crippen LogP contribution in [0.1, 0.15) is 28.9 Å². The van der Waals surface area contributed by atoms with Gasteiger partial charge in [-0.3, -0.25) is 9.69 Å². The molecule has 2 aromatic carbocycles. The summed E-state index contributed by atoms with van der Waals surface area (Å²) in [5.41, 5.74) is 0.753. The van der Waals surface area contributed by atoms with E-state index in [-0.39, 0.29) is 0 Å². The van der Waals surface area contributed by atoms with Crippen LogP contribution in [-0.4, -0.2) is 30.3 Å². The SMILES string of the molecule is C[C@H](NC(=O)c1c(O)cc(F)cc1F)c1ccc(N2CCOC2=O)cc1. The van der Waals surface area contributed by atoms with Gasteiger partial charge in [0.05, 0.1) is 12.6 Å². The number of aromatic hydroxyl groups is 1. The van der Waals surface area contributed by atoms with Gasteiger partial charge in [0.1, 0.15) is 29.6 Å². The van der Waals surface area contributed by atoms with Crippen LogP contribution in [0.5, 0.6) is 5.75 Å². The number of phenols is 1. The maximum Gasteiger partial charge on any atom is 0.414 e. The predicted molar refractivity (Wildman–Crippen MR) is 89.0 cm³/mol. The first-order valence-electron chi connectivity index (χ1n) is 7.90. The third-order valence-corrected chi connectivity index (χ3v) is 4.07. The molecule has 1 saturated heterocycles. The Labute approximate surface area is 148 Å². The molecule has 0 saturated carbocycles. The number of ether oxygens (including phenoxy) is 1. The van der Waals surface area contributed by atoms with E-state index in [1.807, 2.05) is 0 Å². The number of carbonyl (C=O) groups is 2. The number of nitrogens with one attached hydrogen (secondary N) is 1. The van der Waals surface area contributed by atoms with Crippen LogP contribution in [0.25, 0.3) is 0 Å². The minimum Gasteiger partial charge on any atom is -0.507 e. The van der Waals surface area contributed by atoms with Crippen molar-refractivity contribution in [3.05, 3.63) is 59.2 Å². The summed E-state index contributed by atoms with van der Waals surface area (Å²) in [4.78, 5) is 25.2. The maximum atomic E-state index is 13.8. The fourth-order valence-electron chi connectivity index (χ4n) is 2.71. The number of hydrogen-bond acceptors (Lipinski definition) is 4. The molecule has 0 spiro atoms. The highest BCUT2D eigenvalue weighted by atomic mass is 19.1. The Kier molecular flexibility index (Phi) is 4.75. The lowest BCUT2D eigenvalue weighted by molar-refractivity contribution is 0.0932. The second-order valence-electron chi connectivity index (χ2n) is 5.83. The van der Waals surface area contributed by atoms with Gasteiger partial charge in [-0.25, -0.2) is 13.6 Å². The third-order valence-electron chi connectivity index (χ3n) is 4.07. The lowest BCUT2D eigenvalue weighted by Gasteiger charge is -2.17. The molecule has 0 aliphatic carbocycles. The van der Waals surface area contributed by atoms with E-state index < -0.39 is 41.0 Å². The smallest absolute Gasteiger partial charge is 0.414 e. The van der Waals surface area contributed by atoms with Gasteiger partial charge in [-0.15, -0.1) is 0 Å². The molecule has 0 radical (unpaired) electrons. The summed E-state index contributed by atoms with van der Waals surface area (Å²) < 4.78 is 31.7. The quantitative estimate of drug-likeness (QED) is 0.876. The molecule has 2 N–H and O–H groups in total. The van der Waals surface area contributed by atoms with Crippen molar-refractivity contribution in [2.75, 3.05) is 18.1 Å². The van der Waals surface area contributed by atoms with Gasteiger partial charge in [0, 0.05) is 17.8 Å². The Hall–Kier alpha value is -3.16. The van der Waals surface area contributed by atoms with Gasteiger partial charge in [-0.05, 0) is 24.6 Å². The monoisotopic (exact) mass is 362 g/mol. The number of carbonyl (C=O) groups excluding carboxylic acids is 2.